The van der Waals surface area contributed by atoms with Gasteiger partial charge in [-0.25, -0.2) is 4.79 Å². The van der Waals surface area contributed by atoms with Crippen LogP contribution in [-0.4, -0.2) is 34.3 Å². The van der Waals surface area contributed by atoms with Gasteiger partial charge in [0.2, 0.25) is 0 Å². The first kappa shape index (κ1) is 20.2. The molecule has 0 heterocycles. The maximum Gasteiger partial charge on any atom is 0.341 e. The number of carboxylic acid groups (broad SMARTS) is 1. The summed E-state index contributed by atoms with van der Waals surface area (Å²) in [5, 5.41) is 21.1. The van der Waals surface area contributed by atoms with Gasteiger partial charge in [0.15, 0.2) is 6.61 Å². The molecule has 0 saturated carbocycles. The molecule has 0 amide bonds. The number of hydrogen-bond donors (Lipinski definition) is 2. The smallest absolute Gasteiger partial charge is 0.341 e. The third-order valence-electron chi connectivity index (χ3n) is 4.52. The molecule has 3 aromatic rings. The summed E-state index contributed by atoms with van der Waals surface area (Å²) in [5.74, 6) is 1.27. The molecule has 0 fully saturated rings. The Morgan fingerprint density at radius 1 is 0.964 bits per heavy atom. The van der Waals surface area contributed by atoms with Gasteiger partial charge >= 0.3 is 5.97 Å². The Labute approximate surface area is 169 Å². The van der Waals surface area contributed by atoms with E-state index in [0.717, 1.165) is 34.9 Å². The van der Waals surface area contributed by atoms with Crippen molar-refractivity contribution >= 4 is 28.5 Å². The highest BCUT2D eigenvalue weighted by molar-refractivity contribution is 7.99. The second-order valence-electron chi connectivity index (χ2n) is 6.56. The molecule has 146 valence electrons. The van der Waals surface area contributed by atoms with Crippen molar-refractivity contribution < 1.29 is 19.7 Å². The van der Waals surface area contributed by atoms with Gasteiger partial charge in [-0.05, 0) is 41.2 Å². The lowest BCUT2D eigenvalue weighted by Crippen LogP contribution is -2.09. The zero-order valence-electron chi connectivity index (χ0n) is 15.6. The molecular weight excluding hydrogens is 372 g/mol. The van der Waals surface area contributed by atoms with Crippen LogP contribution in [0.15, 0.2) is 66.7 Å². The van der Waals surface area contributed by atoms with Crippen molar-refractivity contribution in [3.05, 3.63) is 77.9 Å². The van der Waals surface area contributed by atoms with Crippen LogP contribution in [0.5, 0.6) is 5.75 Å². The van der Waals surface area contributed by atoms with E-state index in [1.807, 2.05) is 54.6 Å². The number of benzene rings is 3. The molecule has 0 spiro atoms. The summed E-state index contributed by atoms with van der Waals surface area (Å²) in [7, 11) is 0. The monoisotopic (exact) mass is 396 g/mol. The quantitative estimate of drug-likeness (QED) is 0.486. The van der Waals surface area contributed by atoms with Gasteiger partial charge in [0, 0.05) is 11.1 Å². The van der Waals surface area contributed by atoms with Crippen molar-refractivity contribution in [2.75, 3.05) is 18.1 Å². The predicted molar refractivity (Wildman–Crippen MR) is 114 cm³/mol. The molecule has 0 aliphatic rings. The van der Waals surface area contributed by atoms with Gasteiger partial charge in [0.25, 0.3) is 0 Å². The number of aliphatic hydroxyl groups is 1. The molecule has 4 nitrogen and oxygen atoms in total. The zero-order valence-corrected chi connectivity index (χ0v) is 16.4. The molecule has 28 heavy (non-hydrogen) atoms. The SMILES string of the molecule is O=C(O)COc1cccc2c(CCCSCC(O)c3ccccc3)cccc12. The molecule has 1 unspecified atom stereocenters. The average molecular weight is 397 g/mol. The number of fused-ring (bicyclic) bond motifs is 1. The van der Waals surface area contributed by atoms with Crippen molar-refractivity contribution in [1.82, 2.24) is 0 Å². The number of ether oxygens (including phenoxy) is 1. The van der Waals surface area contributed by atoms with Crippen LogP contribution in [0.1, 0.15) is 23.7 Å². The van der Waals surface area contributed by atoms with Gasteiger partial charge in [0.1, 0.15) is 5.75 Å². The Balaban J connectivity index is 1.54. The Hall–Kier alpha value is -2.50. The van der Waals surface area contributed by atoms with Crippen LogP contribution in [0.3, 0.4) is 0 Å². The van der Waals surface area contributed by atoms with E-state index in [1.165, 1.54) is 5.56 Å². The van der Waals surface area contributed by atoms with E-state index in [9.17, 15) is 9.90 Å². The van der Waals surface area contributed by atoms with Gasteiger partial charge < -0.3 is 14.9 Å². The highest BCUT2D eigenvalue weighted by Gasteiger charge is 2.09. The van der Waals surface area contributed by atoms with Crippen LogP contribution < -0.4 is 4.74 Å². The van der Waals surface area contributed by atoms with Gasteiger partial charge in [-0.15, -0.1) is 0 Å². The molecule has 1 atom stereocenters. The van der Waals surface area contributed by atoms with Crippen LogP contribution in [0, 0.1) is 0 Å². The second kappa shape index (κ2) is 10.2. The molecule has 0 bridgehead atoms. The van der Waals surface area contributed by atoms with Crippen molar-refractivity contribution in [3.8, 4) is 5.75 Å². The molecular formula is C23H24O4S. The van der Waals surface area contributed by atoms with Crippen LogP contribution in [0.4, 0.5) is 0 Å². The number of carbonyl (C=O) groups is 1. The lowest BCUT2D eigenvalue weighted by atomic mass is 10.0. The summed E-state index contributed by atoms with van der Waals surface area (Å²) in [6.45, 7) is -0.344. The third kappa shape index (κ3) is 5.50. The van der Waals surface area contributed by atoms with Gasteiger partial charge in [-0.2, -0.15) is 11.8 Å². The van der Waals surface area contributed by atoms with E-state index in [4.69, 9.17) is 9.84 Å². The third-order valence-corrected chi connectivity index (χ3v) is 5.65. The normalized spacial score (nSPS) is 12.0. The van der Waals surface area contributed by atoms with Crippen LogP contribution in [-0.2, 0) is 11.2 Å². The standard InChI is InChI=1S/C23H24O4S/c24-21(18-7-2-1-3-8-18)16-28-14-6-10-17-9-4-12-20-19(17)11-5-13-22(20)27-15-23(25)26/h1-5,7-9,11-13,21,24H,6,10,14-16H2,(H,25,26). The second-order valence-corrected chi connectivity index (χ2v) is 7.71. The van der Waals surface area contributed by atoms with Crippen molar-refractivity contribution in [2.45, 2.75) is 18.9 Å². The van der Waals surface area contributed by atoms with E-state index >= 15 is 0 Å². The van der Waals surface area contributed by atoms with Crippen molar-refractivity contribution in [2.24, 2.45) is 0 Å². The molecule has 2 N–H and O–H groups in total. The minimum Gasteiger partial charge on any atom is -0.481 e. The van der Waals surface area contributed by atoms with E-state index in [0.29, 0.717) is 11.5 Å². The highest BCUT2D eigenvalue weighted by Crippen LogP contribution is 2.29. The summed E-state index contributed by atoms with van der Waals surface area (Å²) in [6, 6.07) is 21.5. The zero-order chi connectivity index (χ0) is 19.8. The van der Waals surface area contributed by atoms with E-state index in [1.54, 1.807) is 17.8 Å². The van der Waals surface area contributed by atoms with E-state index in [2.05, 4.69) is 6.07 Å². The summed E-state index contributed by atoms with van der Waals surface area (Å²) >= 11 is 1.76. The predicted octanol–water partition coefficient (Wildman–Crippen LogP) is 4.70. The van der Waals surface area contributed by atoms with Crippen molar-refractivity contribution in [3.63, 3.8) is 0 Å². The van der Waals surface area contributed by atoms with Gasteiger partial charge in [-0.1, -0.05) is 60.7 Å². The molecule has 0 aromatic heterocycles. The molecule has 0 aliphatic carbocycles. The minimum atomic E-state index is -0.983. The Morgan fingerprint density at radius 3 is 2.50 bits per heavy atom. The Kier molecular flexibility index (Phi) is 7.34. The molecule has 5 heteroatoms. The fourth-order valence-electron chi connectivity index (χ4n) is 3.16. The highest BCUT2D eigenvalue weighted by atomic mass is 32.2. The fourth-order valence-corrected chi connectivity index (χ4v) is 4.09. The van der Waals surface area contributed by atoms with Crippen molar-refractivity contribution in [1.29, 1.82) is 0 Å². The Morgan fingerprint density at radius 2 is 1.71 bits per heavy atom. The molecule has 0 saturated heterocycles. The van der Waals surface area contributed by atoms with Gasteiger partial charge in [-0.3, -0.25) is 0 Å². The number of rotatable bonds is 10. The lowest BCUT2D eigenvalue weighted by molar-refractivity contribution is -0.139. The molecule has 0 aliphatic heterocycles. The molecule has 3 aromatic carbocycles. The number of aryl methyl sites for hydroxylation is 1. The minimum absolute atomic E-state index is 0.344. The van der Waals surface area contributed by atoms with E-state index in [-0.39, 0.29) is 6.61 Å². The van der Waals surface area contributed by atoms with Crippen LogP contribution in [0.2, 0.25) is 0 Å². The molecule has 3 rings (SSSR count). The summed E-state index contributed by atoms with van der Waals surface area (Å²) in [6.07, 6.45) is 1.50. The first-order chi connectivity index (χ1) is 13.6. The first-order valence-electron chi connectivity index (χ1n) is 9.31. The van der Waals surface area contributed by atoms with E-state index < -0.39 is 12.1 Å². The first-order valence-corrected chi connectivity index (χ1v) is 10.5. The summed E-state index contributed by atoms with van der Waals surface area (Å²) < 4.78 is 5.42. The molecule has 0 radical (unpaired) electrons. The van der Waals surface area contributed by atoms with Crippen LogP contribution >= 0.6 is 11.8 Å². The Bertz CT molecular complexity index is 911. The lowest BCUT2D eigenvalue weighted by Gasteiger charge is -2.12. The van der Waals surface area contributed by atoms with Crippen LogP contribution in [0.25, 0.3) is 10.8 Å². The largest absolute Gasteiger partial charge is 0.481 e. The average Bonchev–Trinajstić information content (AvgIpc) is 2.72. The number of aliphatic carboxylic acids is 1. The topological polar surface area (TPSA) is 66.8 Å². The summed E-state index contributed by atoms with van der Waals surface area (Å²) in [4.78, 5) is 10.8. The number of aliphatic hydroxyl groups excluding tert-OH is 1. The maximum atomic E-state index is 10.8. The fraction of sp³-hybridized carbons (Fsp3) is 0.261. The summed E-state index contributed by atoms with van der Waals surface area (Å²) in [5.41, 5.74) is 2.18. The van der Waals surface area contributed by atoms with Gasteiger partial charge in [0.05, 0.1) is 6.10 Å². The number of hydrogen-bond acceptors (Lipinski definition) is 4. The maximum absolute atomic E-state index is 10.8. The number of carboxylic acids is 1. The number of thioether (sulfide) groups is 1.